The Balaban J connectivity index is 1.53. The van der Waals surface area contributed by atoms with Crippen LogP contribution in [0.2, 0.25) is 0 Å². The Morgan fingerprint density at radius 3 is 2.25 bits per heavy atom. The molecule has 2 fully saturated rings. The average Bonchev–Trinajstić information content (AvgIpc) is 3.38. The number of unbranched alkanes of at least 4 members (excludes halogenated alkanes) is 1. The lowest BCUT2D eigenvalue weighted by atomic mass is 10.0. The number of aryl methyl sites for hydroxylation is 1. The Kier molecular flexibility index (Phi) is 7.46. The van der Waals surface area contributed by atoms with Crippen molar-refractivity contribution >= 4 is 23.2 Å². The Bertz CT molecular complexity index is 926. The molecule has 2 aromatic rings. The van der Waals surface area contributed by atoms with Crippen LogP contribution in [-0.4, -0.2) is 42.9 Å². The van der Waals surface area contributed by atoms with Crippen LogP contribution in [0.4, 0.5) is 11.4 Å². The third kappa shape index (κ3) is 5.32. The van der Waals surface area contributed by atoms with Gasteiger partial charge in [0.2, 0.25) is 0 Å². The van der Waals surface area contributed by atoms with Gasteiger partial charge in [-0.3, -0.25) is 9.59 Å². The van der Waals surface area contributed by atoms with Crippen molar-refractivity contribution in [3.8, 4) is 0 Å². The monoisotopic (exact) mass is 433 g/mol. The third-order valence-corrected chi connectivity index (χ3v) is 6.61. The summed E-state index contributed by atoms with van der Waals surface area (Å²) in [5.74, 6) is -0.0585. The van der Waals surface area contributed by atoms with Gasteiger partial charge in [0.25, 0.3) is 11.8 Å². The lowest BCUT2D eigenvalue weighted by Gasteiger charge is -2.31. The fourth-order valence-electron chi connectivity index (χ4n) is 4.69. The fraction of sp³-hybridized carbons (Fsp3) is 0.481. The highest BCUT2D eigenvalue weighted by molar-refractivity contribution is 6.06. The molecule has 0 spiro atoms. The molecule has 0 aromatic heterocycles. The summed E-state index contributed by atoms with van der Waals surface area (Å²) in [6.07, 6.45) is 9.05. The van der Waals surface area contributed by atoms with Crippen molar-refractivity contribution in [1.82, 2.24) is 4.90 Å². The molecule has 2 heterocycles. The number of nitrogens with zero attached hydrogens (tertiary/aromatic N) is 2. The zero-order valence-electron chi connectivity index (χ0n) is 19.2. The average molecular weight is 434 g/mol. The van der Waals surface area contributed by atoms with E-state index in [0.717, 1.165) is 76.8 Å². The Labute approximate surface area is 191 Å². The van der Waals surface area contributed by atoms with E-state index in [0.29, 0.717) is 16.8 Å². The smallest absolute Gasteiger partial charge is 0.256 e. The van der Waals surface area contributed by atoms with Gasteiger partial charge in [-0.05, 0) is 80.8 Å². The number of hydrogen-bond donors (Lipinski definition) is 1. The van der Waals surface area contributed by atoms with Gasteiger partial charge in [0.05, 0.1) is 5.56 Å². The predicted octanol–water partition coefficient (Wildman–Crippen LogP) is 5.51. The van der Waals surface area contributed by atoms with Crippen LogP contribution in [0.25, 0.3) is 0 Å². The number of carbonyl (C=O) groups excluding carboxylic acids is 2. The van der Waals surface area contributed by atoms with E-state index in [9.17, 15) is 9.59 Å². The first kappa shape index (κ1) is 22.4. The van der Waals surface area contributed by atoms with E-state index in [2.05, 4.69) is 17.1 Å². The second-order valence-electron chi connectivity index (χ2n) is 9.03. The van der Waals surface area contributed by atoms with Crippen molar-refractivity contribution in [2.24, 2.45) is 0 Å². The summed E-state index contributed by atoms with van der Waals surface area (Å²) in [4.78, 5) is 30.4. The largest absolute Gasteiger partial charge is 0.371 e. The fourth-order valence-corrected chi connectivity index (χ4v) is 4.69. The molecule has 0 aliphatic carbocycles. The highest BCUT2D eigenvalue weighted by atomic mass is 16.2. The van der Waals surface area contributed by atoms with E-state index < -0.39 is 0 Å². The van der Waals surface area contributed by atoms with E-state index in [-0.39, 0.29) is 11.8 Å². The first-order chi connectivity index (χ1) is 15.7. The third-order valence-electron chi connectivity index (χ3n) is 6.61. The Hall–Kier alpha value is -2.82. The van der Waals surface area contributed by atoms with Gasteiger partial charge in [-0.15, -0.1) is 0 Å². The van der Waals surface area contributed by atoms with Crippen LogP contribution < -0.4 is 10.2 Å². The normalized spacial score (nSPS) is 16.3. The van der Waals surface area contributed by atoms with Crippen LogP contribution >= 0.6 is 0 Å². The summed E-state index contributed by atoms with van der Waals surface area (Å²) in [6.45, 7) is 5.78. The van der Waals surface area contributed by atoms with Crippen LogP contribution in [-0.2, 0) is 6.42 Å². The predicted molar refractivity (Wildman–Crippen MR) is 131 cm³/mol. The molecule has 0 bridgehead atoms. The standard InChI is InChI=1S/C27H35N3O2/c1-2-3-9-21-10-12-22(13-11-21)26(31)28-23-14-15-25(29-16-5-4-6-17-29)24(20-23)27(32)30-18-7-8-19-30/h10-15,20H,2-9,16-19H2,1H3,(H,28,31). The molecule has 5 heteroatoms. The Morgan fingerprint density at radius 2 is 1.56 bits per heavy atom. The molecule has 2 aromatic carbocycles. The van der Waals surface area contributed by atoms with E-state index in [1.54, 1.807) is 0 Å². The molecule has 2 saturated heterocycles. The molecule has 5 nitrogen and oxygen atoms in total. The van der Waals surface area contributed by atoms with Crippen LogP contribution in [0, 0.1) is 0 Å². The molecule has 0 radical (unpaired) electrons. The Morgan fingerprint density at radius 1 is 0.875 bits per heavy atom. The van der Waals surface area contributed by atoms with Crippen molar-refractivity contribution < 1.29 is 9.59 Å². The molecule has 0 atom stereocenters. The first-order valence-corrected chi connectivity index (χ1v) is 12.2. The molecular formula is C27H35N3O2. The topological polar surface area (TPSA) is 52.7 Å². The van der Waals surface area contributed by atoms with Crippen molar-refractivity contribution in [1.29, 1.82) is 0 Å². The molecule has 4 rings (SSSR count). The van der Waals surface area contributed by atoms with Crippen molar-refractivity contribution in [2.75, 3.05) is 36.4 Å². The number of carbonyl (C=O) groups is 2. The van der Waals surface area contributed by atoms with Gasteiger partial charge in [0.15, 0.2) is 0 Å². The molecule has 1 N–H and O–H groups in total. The van der Waals surface area contributed by atoms with Gasteiger partial charge in [-0.25, -0.2) is 0 Å². The van der Waals surface area contributed by atoms with Crippen LogP contribution in [0.5, 0.6) is 0 Å². The number of benzene rings is 2. The molecular weight excluding hydrogens is 398 g/mol. The van der Waals surface area contributed by atoms with Crippen molar-refractivity contribution in [3.63, 3.8) is 0 Å². The molecule has 0 unspecified atom stereocenters. The summed E-state index contributed by atoms with van der Waals surface area (Å²) in [5.41, 5.74) is 4.28. The zero-order chi connectivity index (χ0) is 22.3. The molecule has 2 amide bonds. The number of likely N-dealkylation sites (tertiary alicyclic amines) is 1. The van der Waals surface area contributed by atoms with Gasteiger partial charge in [-0.1, -0.05) is 25.5 Å². The number of anilines is 2. The van der Waals surface area contributed by atoms with Gasteiger partial charge in [0, 0.05) is 43.1 Å². The van der Waals surface area contributed by atoms with Gasteiger partial charge >= 0.3 is 0 Å². The molecule has 170 valence electrons. The minimum Gasteiger partial charge on any atom is -0.371 e. The van der Waals surface area contributed by atoms with E-state index in [1.165, 1.54) is 12.0 Å². The number of nitrogens with one attached hydrogen (secondary N) is 1. The summed E-state index contributed by atoms with van der Waals surface area (Å²) in [5, 5.41) is 3.01. The minimum atomic E-state index is -0.141. The van der Waals surface area contributed by atoms with Crippen molar-refractivity contribution in [2.45, 2.75) is 58.3 Å². The van der Waals surface area contributed by atoms with Crippen molar-refractivity contribution in [3.05, 3.63) is 59.2 Å². The summed E-state index contributed by atoms with van der Waals surface area (Å²) in [7, 11) is 0. The summed E-state index contributed by atoms with van der Waals surface area (Å²) in [6, 6.07) is 13.7. The van der Waals surface area contributed by atoms with Gasteiger partial charge in [-0.2, -0.15) is 0 Å². The van der Waals surface area contributed by atoms with Crippen LogP contribution in [0.15, 0.2) is 42.5 Å². The minimum absolute atomic E-state index is 0.0828. The number of amides is 2. The number of hydrogen-bond acceptors (Lipinski definition) is 3. The van der Waals surface area contributed by atoms with Crippen LogP contribution in [0.3, 0.4) is 0 Å². The molecule has 0 saturated carbocycles. The maximum atomic E-state index is 13.3. The molecule has 32 heavy (non-hydrogen) atoms. The summed E-state index contributed by atoms with van der Waals surface area (Å²) < 4.78 is 0. The van der Waals surface area contributed by atoms with E-state index >= 15 is 0 Å². The van der Waals surface area contributed by atoms with Crippen LogP contribution in [0.1, 0.15) is 78.1 Å². The first-order valence-electron chi connectivity index (χ1n) is 12.2. The maximum absolute atomic E-state index is 13.3. The lowest BCUT2D eigenvalue weighted by Crippen LogP contribution is -2.34. The zero-order valence-corrected chi connectivity index (χ0v) is 19.2. The highest BCUT2D eigenvalue weighted by Crippen LogP contribution is 2.29. The second-order valence-corrected chi connectivity index (χ2v) is 9.03. The maximum Gasteiger partial charge on any atom is 0.256 e. The highest BCUT2D eigenvalue weighted by Gasteiger charge is 2.25. The molecule has 2 aliphatic heterocycles. The second kappa shape index (κ2) is 10.7. The van der Waals surface area contributed by atoms with Gasteiger partial charge < -0.3 is 15.1 Å². The van der Waals surface area contributed by atoms with E-state index in [4.69, 9.17) is 0 Å². The molecule has 2 aliphatic rings. The number of rotatable bonds is 7. The van der Waals surface area contributed by atoms with Gasteiger partial charge in [0.1, 0.15) is 0 Å². The SMILES string of the molecule is CCCCc1ccc(C(=O)Nc2ccc(N3CCCCC3)c(C(=O)N3CCCC3)c2)cc1. The quantitative estimate of drug-likeness (QED) is 0.627. The lowest BCUT2D eigenvalue weighted by molar-refractivity contribution is 0.0793. The summed E-state index contributed by atoms with van der Waals surface area (Å²) >= 11 is 0. The van der Waals surface area contributed by atoms with E-state index in [1.807, 2.05) is 47.4 Å². The number of piperidine rings is 1.